The zero-order chi connectivity index (χ0) is 12.0. The Morgan fingerprint density at radius 2 is 2.00 bits per heavy atom. The van der Waals surface area contributed by atoms with Gasteiger partial charge in [-0.1, -0.05) is 0 Å². The van der Waals surface area contributed by atoms with Gasteiger partial charge in [-0.25, -0.2) is 9.97 Å². The fourth-order valence-electron chi connectivity index (χ4n) is 3.52. The molecule has 3 aliphatic rings. The molecule has 0 aromatic carbocycles. The Morgan fingerprint density at radius 1 is 1.17 bits per heavy atom. The molecule has 0 unspecified atom stereocenters. The molecule has 2 saturated carbocycles. The average molecular weight is 243 g/mol. The number of anilines is 1. The van der Waals surface area contributed by atoms with Gasteiger partial charge in [0.25, 0.3) is 0 Å². The van der Waals surface area contributed by atoms with E-state index in [0.717, 1.165) is 31.1 Å². The number of rotatable bonds is 4. The molecule has 0 bridgehead atoms. The van der Waals surface area contributed by atoms with E-state index in [1.54, 1.807) is 6.33 Å². The third-order valence-corrected chi connectivity index (χ3v) is 5.07. The summed E-state index contributed by atoms with van der Waals surface area (Å²) in [5.74, 6) is 2.15. The summed E-state index contributed by atoms with van der Waals surface area (Å²) in [5.41, 5.74) is 3.33. The van der Waals surface area contributed by atoms with E-state index in [-0.39, 0.29) is 0 Å². The third kappa shape index (κ3) is 1.80. The monoisotopic (exact) mass is 243 g/mol. The predicted octanol–water partition coefficient (Wildman–Crippen LogP) is 2.96. The topological polar surface area (TPSA) is 37.8 Å². The molecule has 0 aliphatic heterocycles. The van der Waals surface area contributed by atoms with Crippen molar-refractivity contribution in [1.82, 2.24) is 9.97 Å². The second kappa shape index (κ2) is 3.94. The number of aryl methyl sites for hydroxylation is 1. The molecule has 3 heteroatoms. The van der Waals surface area contributed by atoms with E-state index in [4.69, 9.17) is 0 Å². The van der Waals surface area contributed by atoms with E-state index in [1.807, 2.05) is 0 Å². The van der Waals surface area contributed by atoms with Crippen molar-refractivity contribution in [2.24, 2.45) is 11.3 Å². The molecule has 2 fully saturated rings. The fraction of sp³-hybridized carbons (Fsp3) is 0.733. The van der Waals surface area contributed by atoms with Crippen molar-refractivity contribution in [3.8, 4) is 0 Å². The van der Waals surface area contributed by atoms with Gasteiger partial charge in [0.2, 0.25) is 0 Å². The van der Waals surface area contributed by atoms with Crippen LogP contribution in [0.3, 0.4) is 0 Å². The van der Waals surface area contributed by atoms with Crippen LogP contribution in [0.1, 0.15) is 49.8 Å². The van der Waals surface area contributed by atoms with Crippen molar-refractivity contribution in [1.29, 1.82) is 0 Å². The van der Waals surface area contributed by atoms with Crippen molar-refractivity contribution < 1.29 is 0 Å². The maximum absolute atomic E-state index is 4.48. The zero-order valence-corrected chi connectivity index (χ0v) is 10.9. The highest BCUT2D eigenvalue weighted by Gasteiger charge is 2.53. The summed E-state index contributed by atoms with van der Waals surface area (Å²) >= 11 is 0. The van der Waals surface area contributed by atoms with E-state index in [2.05, 4.69) is 15.3 Å². The third-order valence-electron chi connectivity index (χ3n) is 5.07. The zero-order valence-electron chi connectivity index (χ0n) is 10.9. The molecule has 96 valence electrons. The molecule has 4 rings (SSSR count). The molecule has 3 nitrogen and oxygen atoms in total. The Bertz CT molecular complexity index is 461. The van der Waals surface area contributed by atoms with E-state index in [9.17, 15) is 0 Å². The van der Waals surface area contributed by atoms with Gasteiger partial charge in [0.1, 0.15) is 12.1 Å². The van der Waals surface area contributed by atoms with Crippen LogP contribution in [0.5, 0.6) is 0 Å². The first-order chi connectivity index (χ1) is 8.87. The minimum Gasteiger partial charge on any atom is -0.369 e. The van der Waals surface area contributed by atoms with E-state index >= 15 is 0 Å². The number of hydrogen-bond acceptors (Lipinski definition) is 3. The minimum atomic E-state index is 0.645. The van der Waals surface area contributed by atoms with Crippen LogP contribution in [-0.2, 0) is 12.8 Å². The number of nitrogens with zero attached hydrogens (tertiary/aromatic N) is 2. The van der Waals surface area contributed by atoms with Crippen molar-refractivity contribution in [3.05, 3.63) is 17.6 Å². The Hall–Kier alpha value is -1.12. The average Bonchev–Trinajstić information content (AvgIpc) is 3.28. The highest BCUT2D eigenvalue weighted by molar-refractivity contribution is 5.47. The molecule has 18 heavy (non-hydrogen) atoms. The molecule has 0 saturated heterocycles. The van der Waals surface area contributed by atoms with Gasteiger partial charge in [-0.3, -0.25) is 0 Å². The lowest BCUT2D eigenvalue weighted by Crippen LogP contribution is -2.20. The molecule has 1 aromatic heterocycles. The lowest BCUT2D eigenvalue weighted by molar-refractivity contribution is 0.466. The van der Waals surface area contributed by atoms with Crippen LogP contribution >= 0.6 is 0 Å². The lowest BCUT2D eigenvalue weighted by atomic mass is 9.96. The molecule has 3 aliphatic carbocycles. The van der Waals surface area contributed by atoms with Crippen molar-refractivity contribution >= 4 is 5.82 Å². The number of fused-ring (bicyclic) bond motifs is 1. The summed E-state index contributed by atoms with van der Waals surface area (Å²) in [6, 6.07) is 0. The molecule has 0 atom stereocenters. The first-order valence-corrected chi connectivity index (χ1v) is 7.44. The second-order valence-electron chi connectivity index (χ2n) is 6.34. The van der Waals surface area contributed by atoms with Gasteiger partial charge in [0.15, 0.2) is 0 Å². The first-order valence-electron chi connectivity index (χ1n) is 7.44. The molecule has 0 spiro atoms. The van der Waals surface area contributed by atoms with E-state index in [0.29, 0.717) is 5.41 Å². The van der Waals surface area contributed by atoms with E-state index in [1.165, 1.54) is 49.8 Å². The minimum absolute atomic E-state index is 0.645. The molecule has 1 aromatic rings. The highest BCUT2D eigenvalue weighted by Crippen LogP contribution is 2.61. The van der Waals surface area contributed by atoms with Crippen molar-refractivity contribution in [2.45, 2.75) is 51.4 Å². The summed E-state index contributed by atoms with van der Waals surface area (Å²) in [5, 5.41) is 3.65. The number of hydrogen-bond donors (Lipinski definition) is 1. The van der Waals surface area contributed by atoms with Gasteiger partial charge in [-0.05, 0) is 62.7 Å². The lowest BCUT2D eigenvalue weighted by Gasteiger charge is -2.20. The highest BCUT2D eigenvalue weighted by atomic mass is 15.0. The van der Waals surface area contributed by atoms with Crippen molar-refractivity contribution in [2.75, 3.05) is 11.9 Å². The molecule has 0 radical (unpaired) electrons. The van der Waals surface area contributed by atoms with Crippen LogP contribution in [0.25, 0.3) is 0 Å². The van der Waals surface area contributed by atoms with Crippen LogP contribution in [0.2, 0.25) is 0 Å². The second-order valence-corrected chi connectivity index (χ2v) is 6.34. The SMILES string of the molecule is c1nc2c(c(NCC3(C4CC4)CC3)n1)CCCC2. The smallest absolute Gasteiger partial charge is 0.132 e. The van der Waals surface area contributed by atoms with E-state index < -0.39 is 0 Å². The van der Waals surface area contributed by atoms with Crippen LogP contribution in [0, 0.1) is 11.3 Å². The van der Waals surface area contributed by atoms with Crippen LogP contribution in [-0.4, -0.2) is 16.5 Å². The number of nitrogens with one attached hydrogen (secondary N) is 1. The van der Waals surface area contributed by atoms with Crippen LogP contribution < -0.4 is 5.32 Å². The quantitative estimate of drug-likeness (QED) is 0.883. The van der Waals surface area contributed by atoms with Gasteiger partial charge >= 0.3 is 0 Å². The Balaban J connectivity index is 1.51. The van der Waals surface area contributed by atoms with Crippen LogP contribution in [0.4, 0.5) is 5.82 Å². The Kier molecular flexibility index (Phi) is 2.36. The van der Waals surface area contributed by atoms with Gasteiger partial charge < -0.3 is 5.32 Å². The number of aromatic nitrogens is 2. The first kappa shape index (κ1) is 10.8. The molecule has 0 amide bonds. The predicted molar refractivity (Wildman–Crippen MR) is 71.6 cm³/mol. The van der Waals surface area contributed by atoms with Gasteiger partial charge in [-0.2, -0.15) is 0 Å². The molecular formula is C15H21N3. The summed E-state index contributed by atoms with van der Waals surface area (Å²) in [6.07, 6.45) is 12.4. The fourth-order valence-corrected chi connectivity index (χ4v) is 3.52. The normalized spacial score (nSPS) is 24.4. The summed E-state index contributed by atoms with van der Waals surface area (Å²) in [4.78, 5) is 8.92. The Morgan fingerprint density at radius 3 is 2.78 bits per heavy atom. The van der Waals surface area contributed by atoms with Crippen molar-refractivity contribution in [3.63, 3.8) is 0 Å². The van der Waals surface area contributed by atoms with Gasteiger partial charge in [0.05, 0.1) is 0 Å². The summed E-state index contributed by atoms with van der Waals surface area (Å²) in [6.45, 7) is 1.14. The maximum atomic E-state index is 4.48. The summed E-state index contributed by atoms with van der Waals surface area (Å²) < 4.78 is 0. The molecular weight excluding hydrogens is 222 g/mol. The molecule has 1 heterocycles. The summed E-state index contributed by atoms with van der Waals surface area (Å²) in [7, 11) is 0. The standard InChI is InChI=1S/C15H21N3/c1-2-4-13-12(3-1)14(18-10-17-13)16-9-15(7-8-15)11-5-6-11/h10-11H,1-9H2,(H,16,17,18). The van der Waals surface area contributed by atoms with Crippen LogP contribution in [0.15, 0.2) is 6.33 Å². The van der Waals surface area contributed by atoms with Gasteiger partial charge in [0, 0.05) is 17.8 Å². The maximum Gasteiger partial charge on any atom is 0.132 e. The largest absolute Gasteiger partial charge is 0.369 e. The van der Waals surface area contributed by atoms with Gasteiger partial charge in [-0.15, -0.1) is 0 Å². The Labute approximate surface area is 108 Å². The molecule has 1 N–H and O–H groups in total.